The van der Waals surface area contributed by atoms with E-state index in [-0.39, 0.29) is 12.5 Å². The van der Waals surface area contributed by atoms with Crippen LogP contribution < -0.4 is 5.32 Å². The molecule has 28 heavy (non-hydrogen) atoms. The Bertz CT molecular complexity index is 1060. The van der Waals surface area contributed by atoms with Crippen molar-refractivity contribution in [3.05, 3.63) is 60.2 Å². The van der Waals surface area contributed by atoms with Crippen LogP contribution in [0.4, 0.5) is 4.79 Å². The third-order valence-corrected chi connectivity index (χ3v) is 4.83. The van der Waals surface area contributed by atoms with Gasteiger partial charge in [0.15, 0.2) is 11.6 Å². The summed E-state index contributed by atoms with van der Waals surface area (Å²) in [6.07, 6.45) is 1.70. The third kappa shape index (κ3) is 3.02. The summed E-state index contributed by atoms with van der Waals surface area (Å²) in [7, 11) is 0. The van der Waals surface area contributed by atoms with Gasteiger partial charge < -0.3 is 4.90 Å². The second-order valence-corrected chi connectivity index (χ2v) is 7.19. The van der Waals surface area contributed by atoms with Crippen LogP contribution in [0.2, 0.25) is 0 Å². The largest absolute Gasteiger partial charge is 0.325 e. The average molecular weight is 376 g/mol. The summed E-state index contributed by atoms with van der Waals surface area (Å²) in [5.41, 5.74) is 1.54. The van der Waals surface area contributed by atoms with Crippen LogP contribution in [-0.4, -0.2) is 42.1 Å². The van der Waals surface area contributed by atoms with Crippen LogP contribution in [0.25, 0.3) is 17.1 Å². The number of aryl methyl sites for hydroxylation is 1. The van der Waals surface area contributed by atoms with E-state index in [1.165, 1.54) is 4.90 Å². The Morgan fingerprint density at radius 2 is 1.86 bits per heavy atom. The first-order valence-corrected chi connectivity index (χ1v) is 8.94. The fourth-order valence-corrected chi connectivity index (χ4v) is 3.13. The Kier molecular flexibility index (Phi) is 4.18. The first-order valence-electron chi connectivity index (χ1n) is 8.94. The lowest BCUT2D eigenvalue weighted by molar-refractivity contribution is -0.125. The normalized spacial score (nSPS) is 15.8. The highest BCUT2D eigenvalue weighted by Crippen LogP contribution is 2.25. The average Bonchev–Trinajstić information content (AvgIpc) is 3.17. The SMILES string of the molecule is Cc1cc(-n2nc(-c3ccccc3)nc2CN2C(=O)NC(=O)C2(C)C)ccn1. The number of benzene rings is 1. The molecule has 4 rings (SSSR count). The van der Waals surface area contributed by atoms with Crippen molar-refractivity contribution in [1.82, 2.24) is 30.0 Å². The van der Waals surface area contributed by atoms with Crippen LogP contribution >= 0.6 is 0 Å². The summed E-state index contributed by atoms with van der Waals surface area (Å²) in [4.78, 5) is 34.8. The molecule has 0 bridgehead atoms. The predicted molar refractivity (Wildman–Crippen MR) is 102 cm³/mol. The molecule has 2 aromatic heterocycles. The summed E-state index contributed by atoms with van der Waals surface area (Å²) in [5.74, 6) is 0.780. The van der Waals surface area contributed by atoms with Gasteiger partial charge in [0.05, 0.1) is 12.2 Å². The number of pyridine rings is 1. The molecule has 8 nitrogen and oxygen atoms in total. The number of urea groups is 1. The Morgan fingerprint density at radius 1 is 1.11 bits per heavy atom. The quantitative estimate of drug-likeness (QED) is 0.706. The number of aromatic nitrogens is 4. The van der Waals surface area contributed by atoms with E-state index in [9.17, 15) is 9.59 Å². The maximum Gasteiger partial charge on any atom is 0.325 e. The molecule has 1 N–H and O–H groups in total. The summed E-state index contributed by atoms with van der Waals surface area (Å²) >= 11 is 0. The van der Waals surface area contributed by atoms with Crippen molar-refractivity contribution in [3.8, 4) is 17.1 Å². The molecule has 1 fully saturated rings. The lowest BCUT2D eigenvalue weighted by Crippen LogP contribution is -2.44. The van der Waals surface area contributed by atoms with Crippen LogP contribution in [0.1, 0.15) is 25.4 Å². The number of carbonyl (C=O) groups excluding carboxylic acids is 2. The molecule has 0 aliphatic carbocycles. The minimum absolute atomic E-state index is 0.145. The predicted octanol–water partition coefficient (Wildman–Crippen LogP) is 2.47. The number of hydrogen-bond acceptors (Lipinski definition) is 5. The van der Waals surface area contributed by atoms with Crippen molar-refractivity contribution in [2.24, 2.45) is 0 Å². The molecule has 1 aliphatic rings. The van der Waals surface area contributed by atoms with Gasteiger partial charge in [-0.15, -0.1) is 5.10 Å². The van der Waals surface area contributed by atoms with Gasteiger partial charge in [0, 0.05) is 17.5 Å². The van der Waals surface area contributed by atoms with E-state index in [2.05, 4.69) is 20.4 Å². The van der Waals surface area contributed by atoms with Crippen LogP contribution in [0.15, 0.2) is 48.7 Å². The highest BCUT2D eigenvalue weighted by Gasteiger charge is 2.46. The topological polar surface area (TPSA) is 93.0 Å². The van der Waals surface area contributed by atoms with E-state index < -0.39 is 11.6 Å². The van der Waals surface area contributed by atoms with Gasteiger partial charge in [0.25, 0.3) is 5.91 Å². The van der Waals surface area contributed by atoms with Gasteiger partial charge in [-0.25, -0.2) is 14.5 Å². The maximum atomic E-state index is 12.3. The van der Waals surface area contributed by atoms with Gasteiger partial charge in [-0.3, -0.25) is 15.1 Å². The van der Waals surface area contributed by atoms with Crippen molar-refractivity contribution in [3.63, 3.8) is 0 Å². The van der Waals surface area contributed by atoms with Crippen molar-refractivity contribution in [2.75, 3.05) is 0 Å². The zero-order valence-electron chi connectivity index (χ0n) is 15.9. The van der Waals surface area contributed by atoms with Crippen LogP contribution in [-0.2, 0) is 11.3 Å². The standard InChI is InChI=1S/C20H20N6O2/c1-13-11-15(9-10-21-13)26-16(12-25-19(28)23-18(27)20(25,2)3)22-17(24-26)14-7-5-4-6-8-14/h4-11H,12H2,1-3H3,(H,23,27,28). The minimum Gasteiger partial charge on any atom is -0.303 e. The first-order chi connectivity index (χ1) is 13.4. The molecular formula is C20H20N6O2. The van der Waals surface area contributed by atoms with Crippen molar-refractivity contribution in [2.45, 2.75) is 32.9 Å². The van der Waals surface area contributed by atoms with Gasteiger partial charge in [-0.1, -0.05) is 30.3 Å². The van der Waals surface area contributed by atoms with Crippen LogP contribution in [0.5, 0.6) is 0 Å². The summed E-state index contributed by atoms with van der Waals surface area (Å²) in [6.45, 7) is 5.46. The van der Waals surface area contributed by atoms with Gasteiger partial charge in [0.2, 0.25) is 0 Å². The highest BCUT2D eigenvalue weighted by atomic mass is 16.2. The molecular weight excluding hydrogens is 356 g/mol. The molecule has 3 heterocycles. The highest BCUT2D eigenvalue weighted by molar-refractivity contribution is 6.06. The van der Waals surface area contributed by atoms with E-state index in [0.717, 1.165) is 16.9 Å². The van der Waals surface area contributed by atoms with Crippen molar-refractivity contribution >= 4 is 11.9 Å². The number of imide groups is 1. The molecule has 3 amide bonds. The van der Waals surface area contributed by atoms with E-state index >= 15 is 0 Å². The smallest absolute Gasteiger partial charge is 0.303 e. The van der Waals surface area contributed by atoms with E-state index in [0.29, 0.717) is 11.6 Å². The second-order valence-electron chi connectivity index (χ2n) is 7.19. The number of hydrogen-bond donors (Lipinski definition) is 1. The monoisotopic (exact) mass is 376 g/mol. The van der Waals surface area contributed by atoms with Gasteiger partial charge in [-0.05, 0) is 32.9 Å². The lowest BCUT2D eigenvalue weighted by atomic mass is 10.0. The van der Waals surface area contributed by atoms with Crippen molar-refractivity contribution < 1.29 is 9.59 Å². The first kappa shape index (κ1) is 17.8. The van der Waals surface area contributed by atoms with Gasteiger partial charge in [0.1, 0.15) is 5.54 Å². The van der Waals surface area contributed by atoms with E-state index in [1.54, 1.807) is 24.7 Å². The number of nitrogens with one attached hydrogen (secondary N) is 1. The number of amides is 3. The maximum absolute atomic E-state index is 12.3. The molecule has 1 saturated heterocycles. The zero-order valence-corrected chi connectivity index (χ0v) is 15.9. The lowest BCUT2D eigenvalue weighted by Gasteiger charge is -2.27. The van der Waals surface area contributed by atoms with Crippen LogP contribution in [0, 0.1) is 6.92 Å². The molecule has 1 aliphatic heterocycles. The number of rotatable bonds is 4. The molecule has 0 saturated carbocycles. The molecule has 142 valence electrons. The summed E-state index contributed by atoms with van der Waals surface area (Å²) in [5, 5.41) is 7.03. The Balaban J connectivity index is 1.80. The Labute approximate surface area is 162 Å². The molecule has 1 aromatic carbocycles. The van der Waals surface area contributed by atoms with Gasteiger partial charge >= 0.3 is 6.03 Å². The molecule has 0 atom stereocenters. The van der Waals surface area contributed by atoms with E-state index in [4.69, 9.17) is 0 Å². The number of nitrogens with zero attached hydrogens (tertiary/aromatic N) is 5. The Morgan fingerprint density at radius 3 is 2.50 bits per heavy atom. The fraction of sp³-hybridized carbons (Fsp3) is 0.250. The molecule has 0 unspecified atom stereocenters. The molecule has 0 radical (unpaired) electrons. The third-order valence-electron chi connectivity index (χ3n) is 4.83. The second kappa shape index (κ2) is 6.56. The van der Waals surface area contributed by atoms with E-state index in [1.807, 2.05) is 49.4 Å². The minimum atomic E-state index is -0.963. The molecule has 3 aromatic rings. The number of carbonyl (C=O) groups is 2. The fourth-order valence-electron chi connectivity index (χ4n) is 3.13. The summed E-state index contributed by atoms with van der Waals surface area (Å²) < 4.78 is 1.70. The molecule has 8 heteroatoms. The van der Waals surface area contributed by atoms with Crippen molar-refractivity contribution in [1.29, 1.82) is 0 Å². The summed E-state index contributed by atoms with van der Waals surface area (Å²) in [6, 6.07) is 12.9. The zero-order chi connectivity index (χ0) is 19.9. The molecule has 0 spiro atoms. The van der Waals surface area contributed by atoms with Gasteiger partial charge in [-0.2, -0.15) is 0 Å². The Hall–Kier alpha value is -3.55. The van der Waals surface area contributed by atoms with Crippen LogP contribution in [0.3, 0.4) is 0 Å².